The van der Waals surface area contributed by atoms with Crippen molar-refractivity contribution in [3.8, 4) is 11.5 Å². The number of nitrogens with zero attached hydrogens (tertiary/aromatic N) is 2. The minimum atomic E-state index is -0.456. The SMILES string of the molecule is CCOc1ccc(NC(=O)CN(C)CC(=O)Nc2oc(C)c3c(C)n[nH]c(=O)c23)cc1OCC. The second-order valence-corrected chi connectivity index (χ2v) is 7.67. The van der Waals surface area contributed by atoms with Gasteiger partial charge in [-0.3, -0.25) is 24.6 Å². The van der Waals surface area contributed by atoms with Gasteiger partial charge in [-0.05, 0) is 46.9 Å². The highest BCUT2D eigenvalue weighted by Gasteiger charge is 2.20. The normalized spacial score (nSPS) is 11.0. The van der Waals surface area contributed by atoms with E-state index in [0.29, 0.717) is 47.2 Å². The largest absolute Gasteiger partial charge is 0.490 e. The Bertz CT molecular complexity index is 1250. The van der Waals surface area contributed by atoms with Crippen LogP contribution in [0.25, 0.3) is 10.8 Å². The summed E-state index contributed by atoms with van der Waals surface area (Å²) in [6, 6.07) is 5.14. The fraction of sp³-hybridized carbons (Fsp3) is 0.391. The maximum absolute atomic E-state index is 12.5. The smallest absolute Gasteiger partial charge is 0.277 e. The van der Waals surface area contributed by atoms with Crippen LogP contribution >= 0.6 is 0 Å². The third kappa shape index (κ3) is 5.73. The van der Waals surface area contributed by atoms with Crippen LogP contribution in [0.2, 0.25) is 0 Å². The lowest BCUT2D eigenvalue weighted by Gasteiger charge is -2.16. The van der Waals surface area contributed by atoms with Crippen molar-refractivity contribution in [1.82, 2.24) is 15.1 Å². The molecule has 3 rings (SSSR count). The highest BCUT2D eigenvalue weighted by Crippen LogP contribution is 2.31. The number of H-pyrrole nitrogens is 1. The Morgan fingerprint density at radius 3 is 2.35 bits per heavy atom. The fourth-order valence-electron chi connectivity index (χ4n) is 3.57. The molecule has 0 aliphatic rings. The summed E-state index contributed by atoms with van der Waals surface area (Å²) in [4.78, 5) is 38.7. The molecule has 1 aromatic carbocycles. The topological polar surface area (TPSA) is 139 Å². The molecule has 11 nitrogen and oxygen atoms in total. The van der Waals surface area contributed by atoms with Gasteiger partial charge in [-0.25, -0.2) is 5.10 Å². The number of anilines is 2. The zero-order valence-corrected chi connectivity index (χ0v) is 19.9. The molecule has 3 aromatic rings. The van der Waals surface area contributed by atoms with Gasteiger partial charge in [0.1, 0.15) is 11.1 Å². The van der Waals surface area contributed by atoms with Crippen molar-refractivity contribution in [2.24, 2.45) is 0 Å². The number of ether oxygens (including phenoxy) is 2. The van der Waals surface area contributed by atoms with E-state index in [2.05, 4.69) is 20.8 Å². The van der Waals surface area contributed by atoms with E-state index < -0.39 is 11.5 Å². The van der Waals surface area contributed by atoms with E-state index in [9.17, 15) is 14.4 Å². The summed E-state index contributed by atoms with van der Waals surface area (Å²) in [6.07, 6.45) is 0. The Kier molecular flexibility index (Phi) is 7.90. The van der Waals surface area contributed by atoms with Crippen molar-refractivity contribution < 1.29 is 23.5 Å². The predicted molar refractivity (Wildman–Crippen MR) is 128 cm³/mol. The average Bonchev–Trinajstić information content (AvgIpc) is 3.09. The van der Waals surface area contributed by atoms with Crippen LogP contribution in [0.1, 0.15) is 25.3 Å². The lowest BCUT2D eigenvalue weighted by Crippen LogP contribution is -2.36. The van der Waals surface area contributed by atoms with Crippen LogP contribution in [-0.2, 0) is 9.59 Å². The standard InChI is InChI=1S/C23H29N5O6/c1-6-32-16-9-8-15(10-17(16)33-7-2)24-18(29)11-28(5)12-19(30)25-23-21-20(14(4)34-23)13(3)26-27-22(21)31/h8-10H,6-7,11-12H2,1-5H3,(H,24,29)(H,25,30)(H,27,31). The van der Waals surface area contributed by atoms with Gasteiger partial charge in [0.25, 0.3) is 5.56 Å². The Labute approximate surface area is 196 Å². The molecule has 2 amide bonds. The number of aromatic nitrogens is 2. The fourth-order valence-corrected chi connectivity index (χ4v) is 3.57. The monoisotopic (exact) mass is 471 g/mol. The molecule has 182 valence electrons. The molecule has 0 aliphatic heterocycles. The third-order valence-electron chi connectivity index (χ3n) is 4.91. The second kappa shape index (κ2) is 10.8. The number of carbonyl (C=O) groups is 2. The number of carbonyl (C=O) groups excluding carboxylic acids is 2. The summed E-state index contributed by atoms with van der Waals surface area (Å²) in [7, 11) is 1.63. The van der Waals surface area contributed by atoms with Gasteiger partial charge in [0, 0.05) is 11.8 Å². The van der Waals surface area contributed by atoms with Crippen molar-refractivity contribution in [1.29, 1.82) is 0 Å². The van der Waals surface area contributed by atoms with Gasteiger partial charge in [-0.1, -0.05) is 0 Å². The number of likely N-dealkylation sites (N-methyl/N-ethyl adjacent to an activating group) is 1. The summed E-state index contributed by atoms with van der Waals surface area (Å²) in [5, 5.41) is 12.5. The van der Waals surface area contributed by atoms with E-state index >= 15 is 0 Å². The molecule has 34 heavy (non-hydrogen) atoms. The van der Waals surface area contributed by atoms with Crippen LogP contribution in [0.5, 0.6) is 11.5 Å². The second-order valence-electron chi connectivity index (χ2n) is 7.67. The maximum atomic E-state index is 12.5. The van der Waals surface area contributed by atoms with Gasteiger partial charge >= 0.3 is 0 Å². The van der Waals surface area contributed by atoms with Gasteiger partial charge in [-0.15, -0.1) is 0 Å². The Morgan fingerprint density at radius 1 is 1.03 bits per heavy atom. The molecule has 0 aliphatic carbocycles. The molecule has 0 atom stereocenters. The molecule has 0 unspecified atom stereocenters. The molecule has 0 saturated heterocycles. The van der Waals surface area contributed by atoms with Crippen molar-refractivity contribution in [3.05, 3.63) is 40.0 Å². The number of benzene rings is 1. The van der Waals surface area contributed by atoms with Crippen molar-refractivity contribution in [2.75, 3.05) is 44.0 Å². The first-order valence-corrected chi connectivity index (χ1v) is 10.9. The molecule has 2 heterocycles. The lowest BCUT2D eigenvalue weighted by molar-refractivity contribution is -0.119. The van der Waals surface area contributed by atoms with Gasteiger partial charge in [0.05, 0.1) is 37.4 Å². The first kappa shape index (κ1) is 24.8. The number of fused-ring (bicyclic) bond motifs is 1. The molecule has 0 spiro atoms. The summed E-state index contributed by atoms with van der Waals surface area (Å²) in [6.45, 7) is 8.00. The van der Waals surface area contributed by atoms with E-state index in [1.54, 1.807) is 39.1 Å². The molecule has 3 N–H and O–H groups in total. The number of aryl methyl sites for hydroxylation is 2. The zero-order valence-electron chi connectivity index (χ0n) is 19.9. The first-order chi connectivity index (χ1) is 16.2. The summed E-state index contributed by atoms with van der Waals surface area (Å²) in [5.41, 5.74) is 0.685. The molecule has 0 bridgehead atoms. The van der Waals surface area contributed by atoms with E-state index in [4.69, 9.17) is 13.9 Å². The van der Waals surface area contributed by atoms with E-state index in [1.165, 1.54) is 4.90 Å². The first-order valence-electron chi connectivity index (χ1n) is 10.9. The lowest BCUT2D eigenvalue weighted by atomic mass is 10.2. The number of hydrogen-bond donors (Lipinski definition) is 3. The van der Waals surface area contributed by atoms with E-state index in [1.807, 2.05) is 13.8 Å². The van der Waals surface area contributed by atoms with E-state index in [-0.39, 0.29) is 30.3 Å². The number of amides is 2. The number of hydrogen-bond acceptors (Lipinski definition) is 8. The van der Waals surface area contributed by atoms with Crippen LogP contribution in [0.15, 0.2) is 27.4 Å². The Balaban J connectivity index is 1.60. The minimum Gasteiger partial charge on any atom is -0.490 e. The molecule has 11 heteroatoms. The number of rotatable bonds is 10. The van der Waals surface area contributed by atoms with Crippen molar-refractivity contribution in [3.63, 3.8) is 0 Å². The Morgan fingerprint density at radius 2 is 1.68 bits per heavy atom. The minimum absolute atomic E-state index is 0.0356. The van der Waals surface area contributed by atoms with Gasteiger partial charge in [0.2, 0.25) is 17.7 Å². The van der Waals surface area contributed by atoms with Crippen LogP contribution < -0.4 is 25.7 Å². The molecule has 0 fully saturated rings. The molecular weight excluding hydrogens is 442 g/mol. The highest BCUT2D eigenvalue weighted by atomic mass is 16.5. The Hall–Kier alpha value is -3.86. The van der Waals surface area contributed by atoms with Crippen molar-refractivity contribution in [2.45, 2.75) is 27.7 Å². The average molecular weight is 472 g/mol. The van der Waals surface area contributed by atoms with Crippen LogP contribution in [-0.4, -0.2) is 60.3 Å². The summed E-state index contributed by atoms with van der Waals surface area (Å²) in [5.74, 6) is 0.938. The maximum Gasteiger partial charge on any atom is 0.277 e. The highest BCUT2D eigenvalue weighted by molar-refractivity contribution is 6.02. The number of nitrogens with one attached hydrogen (secondary N) is 3. The summed E-state index contributed by atoms with van der Waals surface area (Å²) >= 11 is 0. The van der Waals surface area contributed by atoms with Gasteiger partial charge < -0.3 is 19.2 Å². The van der Waals surface area contributed by atoms with E-state index in [0.717, 1.165) is 0 Å². The number of furan rings is 1. The van der Waals surface area contributed by atoms with Crippen LogP contribution in [0.3, 0.4) is 0 Å². The zero-order chi connectivity index (χ0) is 24.8. The molecule has 2 aromatic heterocycles. The summed E-state index contributed by atoms with van der Waals surface area (Å²) < 4.78 is 16.7. The van der Waals surface area contributed by atoms with Crippen molar-refractivity contribution >= 4 is 34.2 Å². The quantitative estimate of drug-likeness (QED) is 0.410. The van der Waals surface area contributed by atoms with Gasteiger partial charge in [0.15, 0.2) is 11.5 Å². The van der Waals surface area contributed by atoms with Crippen LogP contribution in [0, 0.1) is 13.8 Å². The van der Waals surface area contributed by atoms with Gasteiger partial charge in [-0.2, -0.15) is 5.10 Å². The third-order valence-corrected chi connectivity index (χ3v) is 4.91. The number of aromatic amines is 1. The molecule has 0 saturated carbocycles. The predicted octanol–water partition coefficient (Wildman–Crippen LogP) is 2.44. The molecular formula is C23H29N5O6. The van der Waals surface area contributed by atoms with Crippen LogP contribution in [0.4, 0.5) is 11.6 Å². The molecule has 0 radical (unpaired) electrons.